The van der Waals surface area contributed by atoms with Gasteiger partial charge in [-0.1, -0.05) is 11.6 Å². The van der Waals surface area contributed by atoms with Crippen molar-refractivity contribution in [3.63, 3.8) is 0 Å². The number of carbonyl (C=O) groups excluding carboxylic acids is 1. The van der Waals surface area contributed by atoms with Gasteiger partial charge in [0.15, 0.2) is 10.9 Å². The Morgan fingerprint density at radius 1 is 1.50 bits per heavy atom. The van der Waals surface area contributed by atoms with Crippen LogP contribution in [0.15, 0.2) is 6.20 Å². The Labute approximate surface area is 122 Å². The number of fused-ring (bicyclic) bond motifs is 3. The van der Waals surface area contributed by atoms with Crippen molar-refractivity contribution < 1.29 is 9.53 Å². The summed E-state index contributed by atoms with van der Waals surface area (Å²) >= 11 is 5.92. The Kier molecular flexibility index (Phi) is 3.76. The monoisotopic (exact) mass is 296 g/mol. The molecule has 1 aromatic heterocycles. The maximum absolute atomic E-state index is 12.2. The van der Waals surface area contributed by atoms with Crippen LogP contribution in [0.4, 0.5) is 0 Å². The molecule has 20 heavy (non-hydrogen) atoms. The quantitative estimate of drug-likeness (QED) is 0.842. The van der Waals surface area contributed by atoms with Crippen molar-refractivity contribution in [3.8, 4) is 5.75 Å². The fraction of sp³-hybridized carbons (Fsp3) is 0.615. The molecule has 1 N–H and O–H groups in total. The molecule has 1 amide bonds. The maximum Gasteiger partial charge on any atom is 0.289 e. The average molecular weight is 297 g/mol. The first-order valence-corrected chi connectivity index (χ1v) is 7.15. The molecule has 1 aromatic rings. The van der Waals surface area contributed by atoms with Crippen LogP contribution in [-0.2, 0) is 0 Å². The van der Waals surface area contributed by atoms with E-state index in [9.17, 15) is 4.79 Å². The lowest BCUT2D eigenvalue weighted by atomic mass is 9.84. The van der Waals surface area contributed by atoms with E-state index in [1.807, 2.05) is 0 Å². The number of hydrogen-bond acceptors (Lipinski definition) is 5. The second kappa shape index (κ2) is 5.54. The second-order valence-electron chi connectivity index (χ2n) is 5.27. The van der Waals surface area contributed by atoms with Crippen molar-refractivity contribution in [2.45, 2.75) is 18.9 Å². The van der Waals surface area contributed by atoms with Gasteiger partial charge in [0, 0.05) is 12.6 Å². The summed E-state index contributed by atoms with van der Waals surface area (Å²) in [6.07, 6.45) is 3.71. The van der Waals surface area contributed by atoms with Gasteiger partial charge in [0.1, 0.15) is 0 Å². The van der Waals surface area contributed by atoms with E-state index >= 15 is 0 Å². The normalized spacial score (nSPS) is 28.2. The zero-order valence-electron chi connectivity index (χ0n) is 11.3. The van der Waals surface area contributed by atoms with Gasteiger partial charge in [0.2, 0.25) is 5.82 Å². The van der Waals surface area contributed by atoms with Gasteiger partial charge >= 0.3 is 0 Å². The van der Waals surface area contributed by atoms with Crippen molar-refractivity contribution in [2.75, 3.05) is 26.7 Å². The first-order valence-electron chi connectivity index (χ1n) is 6.77. The summed E-state index contributed by atoms with van der Waals surface area (Å²) in [4.78, 5) is 22.5. The Morgan fingerprint density at radius 2 is 2.25 bits per heavy atom. The van der Waals surface area contributed by atoms with Crippen molar-refractivity contribution in [1.29, 1.82) is 0 Å². The summed E-state index contributed by atoms with van der Waals surface area (Å²) in [6, 6.07) is 0.189. The summed E-state index contributed by atoms with van der Waals surface area (Å²) in [7, 11) is 1.48. The Balaban J connectivity index is 1.68. The lowest BCUT2D eigenvalue weighted by molar-refractivity contribution is 0.0614. The summed E-state index contributed by atoms with van der Waals surface area (Å²) in [5.74, 6) is 0.754. The van der Waals surface area contributed by atoms with Crippen LogP contribution in [0.3, 0.4) is 0 Å². The van der Waals surface area contributed by atoms with Gasteiger partial charge in [-0.15, -0.1) is 0 Å². The topological polar surface area (TPSA) is 67.3 Å². The number of hydrogen-bond donors (Lipinski definition) is 1. The lowest BCUT2D eigenvalue weighted by Gasteiger charge is -2.44. The highest BCUT2D eigenvalue weighted by Gasteiger charge is 2.35. The van der Waals surface area contributed by atoms with E-state index < -0.39 is 0 Å². The second-order valence-corrected chi connectivity index (χ2v) is 5.63. The molecule has 6 nitrogen and oxygen atoms in total. The minimum Gasteiger partial charge on any atom is -0.492 e. The first kappa shape index (κ1) is 13.6. The smallest absolute Gasteiger partial charge is 0.289 e. The van der Waals surface area contributed by atoms with Gasteiger partial charge in [0.25, 0.3) is 5.91 Å². The van der Waals surface area contributed by atoms with Gasteiger partial charge in [-0.05, 0) is 31.8 Å². The van der Waals surface area contributed by atoms with E-state index in [0.717, 1.165) is 32.5 Å². The van der Waals surface area contributed by atoms with Crippen LogP contribution in [0, 0.1) is 5.92 Å². The lowest BCUT2D eigenvalue weighted by Crippen LogP contribution is -2.57. The summed E-state index contributed by atoms with van der Waals surface area (Å²) < 4.78 is 4.97. The summed E-state index contributed by atoms with van der Waals surface area (Å²) in [5, 5.41) is 3.18. The molecule has 0 spiro atoms. The number of methoxy groups -OCH3 is 1. The van der Waals surface area contributed by atoms with E-state index in [4.69, 9.17) is 16.3 Å². The van der Waals surface area contributed by atoms with Gasteiger partial charge in [-0.2, -0.15) is 0 Å². The Morgan fingerprint density at radius 3 is 2.80 bits per heavy atom. The van der Waals surface area contributed by atoms with E-state index in [1.165, 1.54) is 13.3 Å². The molecule has 0 radical (unpaired) electrons. The molecule has 3 saturated heterocycles. The fourth-order valence-corrected chi connectivity index (χ4v) is 3.16. The zero-order valence-corrected chi connectivity index (χ0v) is 12.1. The number of rotatable bonds is 3. The molecule has 0 saturated carbocycles. The van der Waals surface area contributed by atoms with E-state index in [1.54, 1.807) is 0 Å². The third-order valence-corrected chi connectivity index (χ3v) is 4.38. The number of halogens is 1. The van der Waals surface area contributed by atoms with Crippen molar-refractivity contribution in [3.05, 3.63) is 17.2 Å². The number of ether oxygens (including phenoxy) is 1. The molecule has 3 aliphatic heterocycles. The highest BCUT2D eigenvalue weighted by Crippen LogP contribution is 2.27. The first-order chi connectivity index (χ1) is 9.67. The largest absolute Gasteiger partial charge is 0.492 e. The molecule has 0 aliphatic carbocycles. The predicted molar refractivity (Wildman–Crippen MR) is 74.0 cm³/mol. The Hall–Kier alpha value is -1.40. The molecule has 4 rings (SSSR count). The number of aromatic nitrogens is 2. The SMILES string of the molecule is COc1cnc(C(=O)NC2CN3CCC2CC3)nc1Cl. The third-order valence-electron chi connectivity index (χ3n) is 4.11. The molecular weight excluding hydrogens is 280 g/mol. The van der Waals surface area contributed by atoms with Crippen LogP contribution in [0.2, 0.25) is 5.15 Å². The summed E-state index contributed by atoms with van der Waals surface area (Å²) in [6.45, 7) is 3.20. The number of amides is 1. The van der Waals surface area contributed by atoms with Gasteiger partial charge < -0.3 is 15.0 Å². The number of carbonyl (C=O) groups is 1. The van der Waals surface area contributed by atoms with E-state index in [2.05, 4.69) is 20.2 Å². The van der Waals surface area contributed by atoms with E-state index in [-0.39, 0.29) is 22.9 Å². The third kappa shape index (κ3) is 2.58. The van der Waals surface area contributed by atoms with Crippen LogP contribution >= 0.6 is 11.6 Å². The standard InChI is InChI=1S/C13H17ClN4O2/c1-20-10-6-15-12(17-11(10)14)13(19)16-9-7-18-4-2-8(9)3-5-18/h6,8-9H,2-5,7H2,1H3,(H,16,19). The zero-order chi connectivity index (χ0) is 14.1. The van der Waals surface area contributed by atoms with Gasteiger partial charge in [-0.25, -0.2) is 9.97 Å². The minimum absolute atomic E-state index is 0.0900. The molecule has 1 unspecified atom stereocenters. The fourth-order valence-electron chi connectivity index (χ4n) is 2.96. The number of nitrogens with zero attached hydrogens (tertiary/aromatic N) is 3. The highest BCUT2D eigenvalue weighted by molar-refractivity contribution is 6.30. The number of nitrogens with one attached hydrogen (secondary N) is 1. The van der Waals surface area contributed by atoms with Crippen LogP contribution in [-0.4, -0.2) is 53.6 Å². The predicted octanol–water partition coefficient (Wildman–Crippen LogP) is 0.963. The Bertz CT molecular complexity index is 517. The molecular formula is C13H17ClN4O2. The van der Waals surface area contributed by atoms with Gasteiger partial charge in [0.05, 0.1) is 13.3 Å². The molecule has 7 heteroatoms. The average Bonchev–Trinajstić information content (AvgIpc) is 2.48. The molecule has 108 valence electrons. The maximum atomic E-state index is 12.2. The molecule has 1 atom stereocenters. The minimum atomic E-state index is -0.270. The molecule has 2 bridgehead atoms. The van der Waals surface area contributed by atoms with E-state index in [0.29, 0.717) is 11.7 Å². The highest BCUT2D eigenvalue weighted by atomic mass is 35.5. The van der Waals surface area contributed by atoms with Crippen molar-refractivity contribution >= 4 is 17.5 Å². The van der Waals surface area contributed by atoms with Crippen LogP contribution < -0.4 is 10.1 Å². The molecule has 4 heterocycles. The van der Waals surface area contributed by atoms with Crippen molar-refractivity contribution in [1.82, 2.24) is 20.2 Å². The van der Waals surface area contributed by atoms with Gasteiger partial charge in [-0.3, -0.25) is 4.79 Å². The number of piperidine rings is 3. The summed E-state index contributed by atoms with van der Waals surface area (Å²) in [5.41, 5.74) is 0. The van der Waals surface area contributed by atoms with Crippen LogP contribution in [0.5, 0.6) is 5.75 Å². The van der Waals surface area contributed by atoms with Crippen molar-refractivity contribution in [2.24, 2.45) is 5.92 Å². The van der Waals surface area contributed by atoms with Crippen LogP contribution in [0.25, 0.3) is 0 Å². The molecule has 3 aliphatic rings. The molecule has 0 aromatic carbocycles. The van der Waals surface area contributed by atoms with Crippen LogP contribution in [0.1, 0.15) is 23.5 Å². The molecule has 3 fully saturated rings.